The summed E-state index contributed by atoms with van der Waals surface area (Å²) in [5.74, 6) is 0.205. The molecule has 1 atom stereocenters. The van der Waals surface area contributed by atoms with Crippen molar-refractivity contribution in [1.29, 1.82) is 0 Å². The normalized spacial score (nSPS) is 18.6. The second-order valence-corrected chi connectivity index (χ2v) is 5.58. The van der Waals surface area contributed by atoms with Gasteiger partial charge in [0.25, 0.3) is 0 Å². The van der Waals surface area contributed by atoms with E-state index in [1.807, 2.05) is 6.92 Å². The van der Waals surface area contributed by atoms with Gasteiger partial charge in [-0.25, -0.2) is 9.59 Å². The number of hydrogen-bond acceptors (Lipinski definition) is 5. The molecule has 0 radical (unpaired) electrons. The molecule has 0 saturated carbocycles. The smallest absolute Gasteiger partial charge is 0.327 e. The van der Waals surface area contributed by atoms with Gasteiger partial charge in [0, 0.05) is 24.2 Å². The topological polar surface area (TPSA) is 95.4 Å². The average molecular weight is 296 g/mol. The Balaban J connectivity index is 1.93. The number of carbonyl (C=O) groups excluding carboxylic acids is 1. The van der Waals surface area contributed by atoms with Crippen molar-refractivity contribution >= 4 is 23.8 Å². The second kappa shape index (κ2) is 6.56. The van der Waals surface area contributed by atoms with Crippen LogP contribution < -0.4 is 5.32 Å². The monoisotopic (exact) mass is 296 g/mol. The van der Waals surface area contributed by atoms with E-state index in [1.165, 1.54) is 4.90 Å². The molecule has 1 aliphatic rings. The molecule has 0 aromatic carbocycles. The average Bonchev–Trinajstić information content (AvgIpc) is 2.46. The molecule has 1 aromatic rings. The summed E-state index contributed by atoms with van der Waals surface area (Å²) in [6.45, 7) is 2.51. The Morgan fingerprint density at radius 1 is 1.50 bits per heavy atom. The molecule has 0 spiro atoms. The van der Waals surface area contributed by atoms with Crippen LogP contribution in [0.15, 0.2) is 12.4 Å². The van der Waals surface area contributed by atoms with Gasteiger partial charge in [-0.3, -0.25) is 9.97 Å². The molecule has 8 heteroatoms. The number of thioether (sulfide) groups is 1. The van der Waals surface area contributed by atoms with Crippen molar-refractivity contribution in [1.82, 2.24) is 20.2 Å². The molecule has 2 heterocycles. The summed E-state index contributed by atoms with van der Waals surface area (Å²) in [4.78, 5) is 32.8. The predicted molar refractivity (Wildman–Crippen MR) is 74.5 cm³/mol. The Kier molecular flexibility index (Phi) is 4.78. The maximum atomic E-state index is 12.0. The Hall–Kier alpha value is -1.83. The molecule has 20 heavy (non-hydrogen) atoms. The zero-order valence-electron chi connectivity index (χ0n) is 11.1. The van der Waals surface area contributed by atoms with Crippen LogP contribution in [-0.4, -0.2) is 56.1 Å². The predicted octanol–water partition coefficient (Wildman–Crippen LogP) is 0.497. The Morgan fingerprint density at radius 3 is 2.95 bits per heavy atom. The van der Waals surface area contributed by atoms with E-state index in [0.717, 1.165) is 11.4 Å². The fourth-order valence-electron chi connectivity index (χ4n) is 1.83. The number of carbonyl (C=O) groups is 2. The highest BCUT2D eigenvalue weighted by Gasteiger charge is 2.32. The van der Waals surface area contributed by atoms with Crippen LogP contribution in [0.4, 0.5) is 4.79 Å². The Bertz CT molecular complexity index is 494. The maximum absolute atomic E-state index is 12.0. The number of amides is 2. The van der Waals surface area contributed by atoms with Crippen LogP contribution in [0.2, 0.25) is 0 Å². The zero-order chi connectivity index (χ0) is 14.5. The van der Waals surface area contributed by atoms with Gasteiger partial charge in [-0.1, -0.05) is 0 Å². The minimum atomic E-state index is -0.970. The van der Waals surface area contributed by atoms with Gasteiger partial charge in [-0.15, -0.1) is 0 Å². The van der Waals surface area contributed by atoms with Crippen molar-refractivity contribution in [2.75, 3.05) is 18.1 Å². The fourth-order valence-corrected chi connectivity index (χ4v) is 2.87. The summed E-state index contributed by atoms with van der Waals surface area (Å²) in [5, 5.41) is 11.8. The SMILES string of the molecule is Cc1cnc(CNC(=O)N2CCSCC2C(=O)O)cn1. The molecule has 1 fully saturated rings. The largest absolute Gasteiger partial charge is 0.480 e. The number of carboxylic acid groups (broad SMARTS) is 1. The minimum absolute atomic E-state index is 0.238. The van der Waals surface area contributed by atoms with Gasteiger partial charge in [0.1, 0.15) is 6.04 Å². The van der Waals surface area contributed by atoms with Gasteiger partial charge in [0.2, 0.25) is 0 Å². The van der Waals surface area contributed by atoms with E-state index in [9.17, 15) is 9.59 Å². The first-order valence-electron chi connectivity index (χ1n) is 6.20. The van der Waals surface area contributed by atoms with Gasteiger partial charge >= 0.3 is 12.0 Å². The molecule has 1 aromatic heterocycles. The fraction of sp³-hybridized carbons (Fsp3) is 0.500. The number of hydrogen-bond donors (Lipinski definition) is 2. The number of carboxylic acids is 1. The zero-order valence-corrected chi connectivity index (χ0v) is 11.9. The highest BCUT2D eigenvalue weighted by molar-refractivity contribution is 7.99. The number of aryl methyl sites for hydroxylation is 1. The highest BCUT2D eigenvalue weighted by Crippen LogP contribution is 2.16. The van der Waals surface area contributed by atoms with Crippen LogP contribution in [0.3, 0.4) is 0 Å². The molecular weight excluding hydrogens is 280 g/mol. The molecule has 1 unspecified atom stereocenters. The van der Waals surface area contributed by atoms with Crippen LogP contribution in [0.25, 0.3) is 0 Å². The number of urea groups is 1. The molecule has 2 rings (SSSR count). The number of aromatic nitrogens is 2. The second-order valence-electron chi connectivity index (χ2n) is 4.43. The van der Waals surface area contributed by atoms with Gasteiger partial charge in [-0.2, -0.15) is 11.8 Å². The minimum Gasteiger partial charge on any atom is -0.480 e. The van der Waals surface area contributed by atoms with E-state index in [-0.39, 0.29) is 12.6 Å². The highest BCUT2D eigenvalue weighted by atomic mass is 32.2. The molecule has 108 valence electrons. The lowest BCUT2D eigenvalue weighted by Gasteiger charge is -2.32. The van der Waals surface area contributed by atoms with Gasteiger partial charge in [-0.05, 0) is 6.92 Å². The molecule has 2 amide bonds. The van der Waals surface area contributed by atoms with Crippen LogP contribution in [0.1, 0.15) is 11.4 Å². The van der Waals surface area contributed by atoms with Crippen molar-refractivity contribution in [3.8, 4) is 0 Å². The first kappa shape index (κ1) is 14.6. The van der Waals surface area contributed by atoms with E-state index in [1.54, 1.807) is 24.2 Å². The first-order chi connectivity index (χ1) is 9.58. The first-order valence-corrected chi connectivity index (χ1v) is 7.36. The quantitative estimate of drug-likeness (QED) is 0.843. The Morgan fingerprint density at radius 2 is 2.30 bits per heavy atom. The number of aliphatic carboxylic acids is 1. The summed E-state index contributed by atoms with van der Waals surface area (Å²) in [7, 11) is 0. The molecule has 0 bridgehead atoms. The van der Waals surface area contributed by atoms with Crippen LogP contribution in [0.5, 0.6) is 0 Å². The summed E-state index contributed by atoms with van der Waals surface area (Å²) in [5.41, 5.74) is 1.45. The molecule has 0 aliphatic carbocycles. The Labute approximate surface area is 120 Å². The van der Waals surface area contributed by atoms with E-state index < -0.39 is 12.0 Å². The van der Waals surface area contributed by atoms with E-state index in [2.05, 4.69) is 15.3 Å². The number of rotatable bonds is 3. The van der Waals surface area contributed by atoms with E-state index in [0.29, 0.717) is 18.0 Å². The molecule has 1 aliphatic heterocycles. The lowest BCUT2D eigenvalue weighted by molar-refractivity contribution is -0.141. The standard InChI is InChI=1S/C12H16N4O3S/c1-8-4-14-9(5-13-8)6-15-12(19)16-2-3-20-7-10(16)11(17)18/h4-5,10H,2-3,6-7H2,1H3,(H,15,19)(H,17,18). The maximum Gasteiger partial charge on any atom is 0.327 e. The summed E-state index contributed by atoms with van der Waals surface area (Å²) >= 11 is 1.54. The number of nitrogens with one attached hydrogen (secondary N) is 1. The van der Waals surface area contributed by atoms with Crippen LogP contribution in [0, 0.1) is 6.92 Å². The molecule has 1 saturated heterocycles. The van der Waals surface area contributed by atoms with E-state index >= 15 is 0 Å². The third kappa shape index (κ3) is 3.60. The van der Waals surface area contributed by atoms with Crippen LogP contribution >= 0.6 is 11.8 Å². The van der Waals surface area contributed by atoms with Crippen molar-refractivity contribution in [3.05, 3.63) is 23.8 Å². The summed E-state index contributed by atoms with van der Waals surface area (Å²) in [6, 6.07) is -1.14. The summed E-state index contributed by atoms with van der Waals surface area (Å²) < 4.78 is 0. The van der Waals surface area contributed by atoms with Gasteiger partial charge in [0.15, 0.2) is 0 Å². The lowest BCUT2D eigenvalue weighted by atomic mass is 10.3. The molecule has 7 nitrogen and oxygen atoms in total. The van der Waals surface area contributed by atoms with Gasteiger partial charge in [0.05, 0.1) is 24.1 Å². The van der Waals surface area contributed by atoms with Crippen molar-refractivity contribution in [3.63, 3.8) is 0 Å². The third-order valence-electron chi connectivity index (χ3n) is 2.93. The molecule has 2 N–H and O–H groups in total. The summed E-state index contributed by atoms with van der Waals surface area (Å²) in [6.07, 6.45) is 3.22. The van der Waals surface area contributed by atoms with Crippen molar-refractivity contribution < 1.29 is 14.7 Å². The number of nitrogens with zero attached hydrogens (tertiary/aromatic N) is 3. The van der Waals surface area contributed by atoms with Crippen molar-refractivity contribution in [2.45, 2.75) is 19.5 Å². The third-order valence-corrected chi connectivity index (χ3v) is 3.95. The van der Waals surface area contributed by atoms with Gasteiger partial charge < -0.3 is 15.3 Å². The lowest BCUT2D eigenvalue weighted by Crippen LogP contribution is -2.53. The molecular formula is C12H16N4O3S. The van der Waals surface area contributed by atoms with Crippen LogP contribution in [-0.2, 0) is 11.3 Å². The van der Waals surface area contributed by atoms with E-state index in [4.69, 9.17) is 5.11 Å². The van der Waals surface area contributed by atoms with Crippen molar-refractivity contribution in [2.24, 2.45) is 0 Å².